The SMILES string of the molecule is COC(C)(C)CCCC(C)C/C=C/C(C)=C/CC(C)C. The Morgan fingerprint density at radius 1 is 1.15 bits per heavy atom. The summed E-state index contributed by atoms with van der Waals surface area (Å²) >= 11 is 0. The average molecular weight is 280 g/mol. The van der Waals surface area contributed by atoms with Gasteiger partial charge in [-0.3, -0.25) is 0 Å². The van der Waals surface area contributed by atoms with E-state index in [4.69, 9.17) is 4.74 Å². The van der Waals surface area contributed by atoms with E-state index in [0.29, 0.717) is 0 Å². The minimum absolute atomic E-state index is 0.0335. The van der Waals surface area contributed by atoms with Crippen molar-refractivity contribution in [3.8, 4) is 0 Å². The van der Waals surface area contributed by atoms with Gasteiger partial charge >= 0.3 is 0 Å². The highest BCUT2D eigenvalue weighted by molar-refractivity contribution is 5.15. The van der Waals surface area contributed by atoms with Gasteiger partial charge in [0.1, 0.15) is 0 Å². The molecule has 0 N–H and O–H groups in total. The van der Waals surface area contributed by atoms with Gasteiger partial charge in [-0.25, -0.2) is 0 Å². The van der Waals surface area contributed by atoms with Gasteiger partial charge in [0.05, 0.1) is 5.60 Å². The Balaban J connectivity index is 3.87. The minimum Gasteiger partial charge on any atom is -0.379 e. The Morgan fingerprint density at radius 2 is 1.80 bits per heavy atom. The molecule has 0 saturated carbocycles. The van der Waals surface area contributed by atoms with Crippen LogP contribution >= 0.6 is 0 Å². The molecule has 0 aromatic rings. The van der Waals surface area contributed by atoms with Crippen LogP contribution in [0.5, 0.6) is 0 Å². The van der Waals surface area contributed by atoms with Crippen LogP contribution in [0, 0.1) is 11.8 Å². The maximum Gasteiger partial charge on any atom is 0.0622 e. The zero-order valence-electron chi connectivity index (χ0n) is 14.8. The van der Waals surface area contributed by atoms with E-state index in [1.807, 2.05) is 0 Å². The van der Waals surface area contributed by atoms with Gasteiger partial charge in [-0.2, -0.15) is 0 Å². The predicted octanol–water partition coefficient (Wildman–Crippen LogP) is 6.16. The van der Waals surface area contributed by atoms with E-state index in [9.17, 15) is 0 Å². The number of hydrogen-bond donors (Lipinski definition) is 0. The number of methoxy groups -OCH3 is 1. The Hall–Kier alpha value is -0.560. The van der Waals surface area contributed by atoms with Crippen LogP contribution in [0.3, 0.4) is 0 Å². The molecule has 118 valence electrons. The third kappa shape index (κ3) is 11.3. The molecule has 1 atom stereocenters. The molecule has 0 rings (SSSR count). The average Bonchev–Trinajstić information content (AvgIpc) is 2.36. The second-order valence-corrected chi connectivity index (χ2v) is 7.18. The number of rotatable bonds is 10. The summed E-state index contributed by atoms with van der Waals surface area (Å²) in [5, 5.41) is 0. The summed E-state index contributed by atoms with van der Waals surface area (Å²) in [7, 11) is 1.80. The fraction of sp³-hybridized carbons (Fsp3) is 0.789. The van der Waals surface area contributed by atoms with Crippen molar-refractivity contribution in [2.75, 3.05) is 7.11 Å². The molecular formula is C19H36O. The molecule has 0 aromatic carbocycles. The predicted molar refractivity (Wildman–Crippen MR) is 91.1 cm³/mol. The zero-order chi connectivity index (χ0) is 15.6. The molecule has 0 aliphatic heterocycles. The molecule has 0 aliphatic carbocycles. The van der Waals surface area contributed by atoms with E-state index in [1.54, 1.807) is 7.11 Å². The van der Waals surface area contributed by atoms with Gasteiger partial charge in [0.25, 0.3) is 0 Å². The first-order chi connectivity index (χ1) is 9.26. The Labute approximate surface area is 127 Å². The standard InChI is InChI=1S/C19H36O/c1-16(2)13-14-18(4)11-8-10-17(3)12-9-15-19(5,6)20-7/h8,11,14,16-17H,9-10,12-13,15H2,1-7H3/b11-8+,18-14+. The molecule has 1 heteroatoms. The summed E-state index contributed by atoms with van der Waals surface area (Å²) in [5.41, 5.74) is 1.43. The molecule has 0 bridgehead atoms. The Bertz CT molecular complexity index is 297. The second-order valence-electron chi connectivity index (χ2n) is 7.18. The largest absolute Gasteiger partial charge is 0.379 e. The van der Waals surface area contributed by atoms with Crippen molar-refractivity contribution in [3.05, 3.63) is 23.8 Å². The van der Waals surface area contributed by atoms with E-state index in [0.717, 1.165) is 18.3 Å². The summed E-state index contributed by atoms with van der Waals surface area (Å²) in [5.74, 6) is 1.51. The van der Waals surface area contributed by atoms with Crippen molar-refractivity contribution in [2.24, 2.45) is 11.8 Å². The van der Waals surface area contributed by atoms with Gasteiger partial charge in [0.2, 0.25) is 0 Å². The molecule has 0 fully saturated rings. The molecule has 0 aromatic heterocycles. The molecule has 1 nitrogen and oxygen atoms in total. The minimum atomic E-state index is 0.0335. The molecule has 0 amide bonds. The first kappa shape index (κ1) is 19.4. The Morgan fingerprint density at radius 3 is 2.35 bits per heavy atom. The molecule has 0 radical (unpaired) electrons. The van der Waals surface area contributed by atoms with E-state index >= 15 is 0 Å². The lowest BCUT2D eigenvalue weighted by molar-refractivity contribution is 0.0128. The molecule has 0 aliphatic rings. The van der Waals surface area contributed by atoms with Crippen LogP contribution in [-0.4, -0.2) is 12.7 Å². The highest BCUT2D eigenvalue weighted by Crippen LogP contribution is 2.20. The van der Waals surface area contributed by atoms with Gasteiger partial charge in [0.15, 0.2) is 0 Å². The normalized spacial score (nSPS) is 15.3. The molecular weight excluding hydrogens is 244 g/mol. The summed E-state index contributed by atoms with van der Waals surface area (Å²) in [6.07, 6.45) is 13.0. The molecule has 0 saturated heterocycles. The van der Waals surface area contributed by atoms with Crippen molar-refractivity contribution in [1.29, 1.82) is 0 Å². The topological polar surface area (TPSA) is 9.23 Å². The number of ether oxygens (including phenoxy) is 1. The summed E-state index contributed by atoms with van der Waals surface area (Å²) in [6.45, 7) is 13.4. The number of hydrogen-bond acceptors (Lipinski definition) is 1. The lowest BCUT2D eigenvalue weighted by atomic mass is 9.95. The third-order valence-corrected chi connectivity index (χ3v) is 3.86. The molecule has 20 heavy (non-hydrogen) atoms. The molecule has 0 spiro atoms. The summed E-state index contributed by atoms with van der Waals surface area (Å²) in [6, 6.07) is 0. The number of allylic oxidation sites excluding steroid dienone is 4. The highest BCUT2D eigenvalue weighted by atomic mass is 16.5. The second kappa shape index (κ2) is 10.2. The van der Waals surface area contributed by atoms with Crippen LogP contribution in [0.15, 0.2) is 23.8 Å². The fourth-order valence-electron chi connectivity index (χ4n) is 2.07. The van der Waals surface area contributed by atoms with E-state index < -0.39 is 0 Å². The van der Waals surface area contributed by atoms with Crippen molar-refractivity contribution in [2.45, 2.75) is 79.2 Å². The summed E-state index contributed by atoms with van der Waals surface area (Å²) < 4.78 is 5.46. The highest BCUT2D eigenvalue weighted by Gasteiger charge is 2.15. The van der Waals surface area contributed by atoms with Crippen LogP contribution in [0.1, 0.15) is 73.6 Å². The van der Waals surface area contributed by atoms with Gasteiger partial charge < -0.3 is 4.74 Å². The lowest BCUT2D eigenvalue weighted by Gasteiger charge is -2.23. The smallest absolute Gasteiger partial charge is 0.0622 e. The van der Waals surface area contributed by atoms with Crippen LogP contribution in [0.2, 0.25) is 0 Å². The van der Waals surface area contributed by atoms with E-state index in [1.165, 1.54) is 31.3 Å². The molecule has 0 heterocycles. The third-order valence-electron chi connectivity index (χ3n) is 3.86. The van der Waals surface area contributed by atoms with Gasteiger partial charge in [-0.1, -0.05) is 57.4 Å². The summed E-state index contributed by atoms with van der Waals surface area (Å²) in [4.78, 5) is 0. The van der Waals surface area contributed by atoms with E-state index in [2.05, 4.69) is 59.8 Å². The van der Waals surface area contributed by atoms with Gasteiger partial charge in [0, 0.05) is 7.11 Å². The van der Waals surface area contributed by atoms with Crippen LogP contribution < -0.4 is 0 Å². The molecule has 1 unspecified atom stereocenters. The monoisotopic (exact) mass is 280 g/mol. The Kier molecular flexibility index (Phi) is 9.92. The van der Waals surface area contributed by atoms with Crippen LogP contribution in [0.4, 0.5) is 0 Å². The van der Waals surface area contributed by atoms with E-state index in [-0.39, 0.29) is 5.60 Å². The first-order valence-electron chi connectivity index (χ1n) is 8.15. The maximum absolute atomic E-state index is 5.46. The van der Waals surface area contributed by atoms with Gasteiger partial charge in [-0.15, -0.1) is 0 Å². The maximum atomic E-state index is 5.46. The lowest BCUT2D eigenvalue weighted by Crippen LogP contribution is -2.22. The van der Waals surface area contributed by atoms with Gasteiger partial charge in [-0.05, 0) is 51.9 Å². The van der Waals surface area contributed by atoms with Crippen molar-refractivity contribution < 1.29 is 4.74 Å². The first-order valence-corrected chi connectivity index (χ1v) is 8.15. The van der Waals surface area contributed by atoms with Crippen molar-refractivity contribution >= 4 is 0 Å². The van der Waals surface area contributed by atoms with Crippen LogP contribution in [-0.2, 0) is 4.74 Å². The fourth-order valence-corrected chi connectivity index (χ4v) is 2.07. The van der Waals surface area contributed by atoms with Crippen LogP contribution in [0.25, 0.3) is 0 Å². The van der Waals surface area contributed by atoms with Crippen molar-refractivity contribution in [3.63, 3.8) is 0 Å². The zero-order valence-corrected chi connectivity index (χ0v) is 14.8. The van der Waals surface area contributed by atoms with Crippen molar-refractivity contribution in [1.82, 2.24) is 0 Å². The quantitative estimate of drug-likeness (QED) is 0.436.